The molecule has 1 aliphatic rings. The molecule has 0 aliphatic carbocycles. The van der Waals surface area contributed by atoms with Gasteiger partial charge in [0.05, 0.1) is 6.54 Å². The molecule has 0 radical (unpaired) electrons. The largest absolute Gasteiger partial charge is 0.341 e. The molecule has 0 aromatic heterocycles. The zero-order valence-corrected chi connectivity index (χ0v) is 8.21. The van der Waals surface area contributed by atoms with Gasteiger partial charge >= 0.3 is 0 Å². The van der Waals surface area contributed by atoms with Crippen molar-refractivity contribution in [3.63, 3.8) is 0 Å². The fraction of sp³-hybridized carbons (Fsp3) is 0.889. The second-order valence-corrected chi connectivity index (χ2v) is 3.97. The fourth-order valence-corrected chi connectivity index (χ4v) is 1.53. The molecule has 0 aromatic rings. The summed E-state index contributed by atoms with van der Waals surface area (Å²) in [6, 6.07) is 0. The molecular formula is C9H18N2O. The van der Waals surface area contributed by atoms with Gasteiger partial charge in [-0.3, -0.25) is 4.79 Å². The fourth-order valence-electron chi connectivity index (χ4n) is 1.53. The second-order valence-electron chi connectivity index (χ2n) is 3.97. The first kappa shape index (κ1) is 9.52. The third-order valence-electron chi connectivity index (χ3n) is 2.23. The first-order chi connectivity index (χ1) is 5.59. The number of hydrogen-bond donors (Lipinski definition) is 0. The quantitative estimate of drug-likeness (QED) is 0.599. The summed E-state index contributed by atoms with van der Waals surface area (Å²) in [4.78, 5) is 15.4. The van der Waals surface area contributed by atoms with Crippen molar-refractivity contribution in [2.45, 2.75) is 13.3 Å². The number of likely N-dealkylation sites (tertiary alicyclic amines) is 1. The van der Waals surface area contributed by atoms with Crippen molar-refractivity contribution in [3.05, 3.63) is 0 Å². The van der Waals surface area contributed by atoms with Crippen LogP contribution in [0, 0.1) is 5.92 Å². The van der Waals surface area contributed by atoms with Crippen LogP contribution in [-0.2, 0) is 4.79 Å². The summed E-state index contributed by atoms with van der Waals surface area (Å²) >= 11 is 0. The van der Waals surface area contributed by atoms with Gasteiger partial charge in [-0.25, -0.2) is 0 Å². The van der Waals surface area contributed by atoms with E-state index in [0.29, 0.717) is 12.5 Å². The van der Waals surface area contributed by atoms with E-state index < -0.39 is 0 Å². The van der Waals surface area contributed by atoms with Gasteiger partial charge in [-0.15, -0.1) is 0 Å². The molecular weight excluding hydrogens is 152 g/mol. The molecule has 0 spiro atoms. The van der Waals surface area contributed by atoms with E-state index >= 15 is 0 Å². The first-order valence-corrected chi connectivity index (χ1v) is 4.52. The number of amides is 1. The van der Waals surface area contributed by atoms with Crippen LogP contribution in [0.15, 0.2) is 0 Å². The molecule has 0 bridgehead atoms. The molecule has 0 saturated carbocycles. The lowest BCUT2D eigenvalue weighted by molar-refractivity contribution is -0.130. The maximum atomic E-state index is 11.5. The molecule has 3 heteroatoms. The van der Waals surface area contributed by atoms with E-state index in [0.717, 1.165) is 13.1 Å². The smallest absolute Gasteiger partial charge is 0.236 e. The number of carbonyl (C=O) groups excluding carboxylic acids is 1. The number of likely N-dealkylation sites (N-methyl/N-ethyl adjacent to an activating group) is 1. The summed E-state index contributed by atoms with van der Waals surface area (Å²) in [5.41, 5.74) is 0. The zero-order chi connectivity index (χ0) is 9.14. The lowest BCUT2D eigenvalue weighted by Gasteiger charge is -2.18. The Balaban J connectivity index is 2.33. The molecule has 3 nitrogen and oxygen atoms in total. The van der Waals surface area contributed by atoms with Crippen molar-refractivity contribution < 1.29 is 4.79 Å². The van der Waals surface area contributed by atoms with Crippen molar-refractivity contribution in [1.82, 2.24) is 9.80 Å². The van der Waals surface area contributed by atoms with E-state index in [2.05, 4.69) is 6.92 Å². The molecule has 70 valence electrons. The lowest BCUT2D eigenvalue weighted by atomic mass is 10.2. The van der Waals surface area contributed by atoms with E-state index in [1.807, 2.05) is 23.9 Å². The maximum Gasteiger partial charge on any atom is 0.236 e. The van der Waals surface area contributed by atoms with Crippen LogP contribution in [0.5, 0.6) is 0 Å². The van der Waals surface area contributed by atoms with Crippen LogP contribution in [0.4, 0.5) is 0 Å². The highest BCUT2D eigenvalue weighted by molar-refractivity contribution is 5.78. The SMILES string of the molecule is CC1CCN(C(=O)CN(C)C)C1. The number of nitrogens with zero attached hydrogens (tertiary/aromatic N) is 2. The molecule has 1 heterocycles. The second kappa shape index (κ2) is 3.90. The van der Waals surface area contributed by atoms with Crippen LogP contribution in [0.1, 0.15) is 13.3 Å². The standard InChI is InChI=1S/C9H18N2O/c1-8-4-5-11(6-8)9(12)7-10(2)3/h8H,4-7H2,1-3H3. The minimum absolute atomic E-state index is 0.268. The van der Waals surface area contributed by atoms with Gasteiger partial charge in [0.15, 0.2) is 0 Å². The third kappa shape index (κ3) is 2.48. The van der Waals surface area contributed by atoms with E-state index in [9.17, 15) is 4.79 Å². The zero-order valence-electron chi connectivity index (χ0n) is 8.21. The van der Waals surface area contributed by atoms with Gasteiger partial charge in [0, 0.05) is 13.1 Å². The lowest BCUT2D eigenvalue weighted by Crippen LogP contribution is -2.36. The Bertz CT molecular complexity index is 168. The predicted octanol–water partition coefficient (Wildman–Crippen LogP) is 0.416. The molecule has 1 fully saturated rings. The van der Waals surface area contributed by atoms with Crippen LogP contribution >= 0.6 is 0 Å². The Morgan fingerprint density at radius 2 is 2.25 bits per heavy atom. The topological polar surface area (TPSA) is 23.6 Å². The van der Waals surface area contributed by atoms with E-state index in [1.165, 1.54) is 6.42 Å². The summed E-state index contributed by atoms with van der Waals surface area (Å²) in [7, 11) is 3.86. The minimum Gasteiger partial charge on any atom is -0.341 e. The summed E-state index contributed by atoms with van der Waals surface area (Å²) in [6.07, 6.45) is 1.17. The highest BCUT2D eigenvalue weighted by Gasteiger charge is 2.22. The van der Waals surface area contributed by atoms with Gasteiger partial charge in [-0.2, -0.15) is 0 Å². The number of rotatable bonds is 2. The monoisotopic (exact) mass is 170 g/mol. The summed E-state index contributed by atoms with van der Waals surface area (Å²) < 4.78 is 0. The summed E-state index contributed by atoms with van der Waals surface area (Å²) in [5, 5.41) is 0. The average Bonchev–Trinajstić information content (AvgIpc) is 2.34. The molecule has 1 rings (SSSR count). The molecule has 1 atom stereocenters. The minimum atomic E-state index is 0.268. The third-order valence-corrected chi connectivity index (χ3v) is 2.23. The molecule has 1 saturated heterocycles. The van der Waals surface area contributed by atoms with E-state index in [1.54, 1.807) is 0 Å². The maximum absolute atomic E-state index is 11.5. The van der Waals surface area contributed by atoms with Crippen LogP contribution in [0.25, 0.3) is 0 Å². The number of hydrogen-bond acceptors (Lipinski definition) is 2. The Labute approximate surface area is 74.3 Å². The van der Waals surface area contributed by atoms with E-state index in [4.69, 9.17) is 0 Å². The molecule has 12 heavy (non-hydrogen) atoms. The molecule has 1 aliphatic heterocycles. The molecule has 1 amide bonds. The van der Waals surface area contributed by atoms with Crippen molar-refractivity contribution in [2.75, 3.05) is 33.7 Å². The van der Waals surface area contributed by atoms with Gasteiger partial charge < -0.3 is 9.80 Å². The highest BCUT2D eigenvalue weighted by Crippen LogP contribution is 2.14. The summed E-state index contributed by atoms with van der Waals surface area (Å²) in [5.74, 6) is 0.959. The summed E-state index contributed by atoms with van der Waals surface area (Å²) in [6.45, 7) is 4.65. The van der Waals surface area contributed by atoms with Gasteiger partial charge in [0.25, 0.3) is 0 Å². The highest BCUT2D eigenvalue weighted by atomic mass is 16.2. The predicted molar refractivity (Wildman–Crippen MR) is 48.9 cm³/mol. The Morgan fingerprint density at radius 3 is 2.67 bits per heavy atom. The molecule has 0 aromatic carbocycles. The Kier molecular flexibility index (Phi) is 3.09. The van der Waals surface area contributed by atoms with Crippen molar-refractivity contribution in [1.29, 1.82) is 0 Å². The normalized spacial score (nSPS) is 23.7. The Morgan fingerprint density at radius 1 is 1.58 bits per heavy atom. The van der Waals surface area contributed by atoms with Crippen LogP contribution in [0.3, 0.4) is 0 Å². The van der Waals surface area contributed by atoms with Crippen LogP contribution < -0.4 is 0 Å². The van der Waals surface area contributed by atoms with Crippen LogP contribution in [0.2, 0.25) is 0 Å². The Hall–Kier alpha value is -0.570. The average molecular weight is 170 g/mol. The van der Waals surface area contributed by atoms with Gasteiger partial charge in [0.1, 0.15) is 0 Å². The van der Waals surface area contributed by atoms with Crippen molar-refractivity contribution in [3.8, 4) is 0 Å². The van der Waals surface area contributed by atoms with Crippen molar-refractivity contribution in [2.24, 2.45) is 5.92 Å². The van der Waals surface area contributed by atoms with Gasteiger partial charge in [0.2, 0.25) is 5.91 Å². The van der Waals surface area contributed by atoms with Gasteiger partial charge in [-0.1, -0.05) is 6.92 Å². The molecule has 0 N–H and O–H groups in total. The van der Waals surface area contributed by atoms with E-state index in [-0.39, 0.29) is 5.91 Å². The first-order valence-electron chi connectivity index (χ1n) is 4.52. The van der Waals surface area contributed by atoms with Crippen molar-refractivity contribution >= 4 is 5.91 Å². The van der Waals surface area contributed by atoms with Gasteiger partial charge in [-0.05, 0) is 26.4 Å². The van der Waals surface area contributed by atoms with Crippen LogP contribution in [-0.4, -0.2) is 49.4 Å². The molecule has 1 unspecified atom stereocenters. The number of carbonyl (C=O) groups is 1.